The van der Waals surface area contributed by atoms with Crippen molar-refractivity contribution in [3.63, 3.8) is 0 Å². The van der Waals surface area contributed by atoms with E-state index in [2.05, 4.69) is 29.2 Å². The minimum Gasteiger partial charge on any atom is -0.487 e. The van der Waals surface area contributed by atoms with Gasteiger partial charge in [0.15, 0.2) is 0 Å². The van der Waals surface area contributed by atoms with Gasteiger partial charge in [-0.05, 0) is 29.1 Å². The van der Waals surface area contributed by atoms with Crippen LogP contribution in [0.2, 0.25) is 5.02 Å². The van der Waals surface area contributed by atoms with Gasteiger partial charge < -0.3 is 9.64 Å². The number of amides is 1. The van der Waals surface area contributed by atoms with Gasteiger partial charge in [0.05, 0.1) is 9.90 Å². The van der Waals surface area contributed by atoms with Gasteiger partial charge in [0.2, 0.25) is 0 Å². The number of hydrogen-bond acceptors (Lipinski definition) is 4. The van der Waals surface area contributed by atoms with E-state index in [-0.39, 0.29) is 5.91 Å². The van der Waals surface area contributed by atoms with Gasteiger partial charge in [-0.15, -0.1) is 11.3 Å². The zero-order valence-corrected chi connectivity index (χ0v) is 17.7. The number of rotatable bonds is 6. The van der Waals surface area contributed by atoms with Crippen LogP contribution in [0.4, 0.5) is 0 Å². The minimum atomic E-state index is 0.110. The van der Waals surface area contributed by atoms with E-state index >= 15 is 0 Å². The van der Waals surface area contributed by atoms with Crippen LogP contribution in [0.15, 0.2) is 66.0 Å². The van der Waals surface area contributed by atoms with Crippen molar-refractivity contribution < 1.29 is 9.53 Å². The van der Waals surface area contributed by atoms with Crippen LogP contribution in [-0.4, -0.2) is 41.9 Å². The lowest BCUT2D eigenvalue weighted by atomic mass is 10.2. The predicted molar refractivity (Wildman–Crippen MR) is 118 cm³/mol. The van der Waals surface area contributed by atoms with Crippen molar-refractivity contribution in [1.82, 2.24) is 9.80 Å². The molecule has 4 nitrogen and oxygen atoms in total. The predicted octanol–water partition coefficient (Wildman–Crippen LogP) is 4.94. The maximum absolute atomic E-state index is 12.9. The number of carbonyl (C=O) groups is 1. The summed E-state index contributed by atoms with van der Waals surface area (Å²) in [5, 5.41) is 2.57. The number of nitrogens with zero attached hydrogens (tertiary/aromatic N) is 2. The first-order chi connectivity index (χ1) is 14.2. The van der Waals surface area contributed by atoms with Crippen molar-refractivity contribution in [2.45, 2.75) is 13.2 Å². The highest BCUT2D eigenvalue weighted by molar-refractivity contribution is 7.12. The standard InChI is InChI=1S/C23H23ClN2O2S/c24-20-8-4-5-9-21(20)28-16-19-14-22(29-17-19)23(27)26-12-10-25(11-13-26)15-18-6-2-1-3-7-18/h1-9,14,17H,10-13,15-16H2. The molecule has 2 aromatic carbocycles. The van der Waals surface area contributed by atoms with E-state index in [4.69, 9.17) is 16.3 Å². The van der Waals surface area contributed by atoms with Crippen LogP contribution in [0, 0.1) is 0 Å². The Hall–Kier alpha value is -2.34. The van der Waals surface area contributed by atoms with Crippen LogP contribution >= 0.6 is 22.9 Å². The largest absolute Gasteiger partial charge is 0.487 e. The Labute approximate surface area is 180 Å². The van der Waals surface area contributed by atoms with Crippen molar-refractivity contribution >= 4 is 28.8 Å². The van der Waals surface area contributed by atoms with Gasteiger partial charge in [0.1, 0.15) is 12.4 Å². The summed E-state index contributed by atoms with van der Waals surface area (Å²) in [7, 11) is 0. The molecular formula is C23H23ClN2O2S. The van der Waals surface area contributed by atoms with Gasteiger partial charge in [-0.25, -0.2) is 0 Å². The molecule has 0 unspecified atom stereocenters. The third kappa shape index (κ3) is 5.18. The Morgan fingerprint density at radius 3 is 2.45 bits per heavy atom. The molecular weight excluding hydrogens is 404 g/mol. The monoisotopic (exact) mass is 426 g/mol. The second-order valence-corrected chi connectivity index (χ2v) is 8.41. The van der Waals surface area contributed by atoms with E-state index in [0.29, 0.717) is 17.4 Å². The maximum atomic E-state index is 12.9. The fourth-order valence-electron chi connectivity index (χ4n) is 3.39. The molecule has 3 aromatic rings. The van der Waals surface area contributed by atoms with E-state index in [1.807, 2.05) is 40.6 Å². The fraction of sp³-hybridized carbons (Fsp3) is 0.261. The number of ether oxygens (including phenoxy) is 1. The first-order valence-corrected chi connectivity index (χ1v) is 10.9. The van der Waals surface area contributed by atoms with Gasteiger partial charge in [-0.2, -0.15) is 0 Å². The third-order valence-corrected chi connectivity index (χ3v) is 6.28. The zero-order chi connectivity index (χ0) is 20.1. The Kier molecular flexibility index (Phi) is 6.49. The molecule has 150 valence electrons. The highest BCUT2D eigenvalue weighted by atomic mass is 35.5. The summed E-state index contributed by atoms with van der Waals surface area (Å²) in [5.74, 6) is 0.765. The van der Waals surface area contributed by atoms with E-state index in [1.165, 1.54) is 16.9 Å². The SMILES string of the molecule is O=C(c1cc(COc2ccccc2Cl)cs1)N1CCN(Cc2ccccc2)CC1. The van der Waals surface area contributed by atoms with Crippen molar-refractivity contribution in [1.29, 1.82) is 0 Å². The Morgan fingerprint density at radius 2 is 1.69 bits per heavy atom. The number of thiophene rings is 1. The molecule has 1 fully saturated rings. The number of carbonyl (C=O) groups excluding carboxylic acids is 1. The van der Waals surface area contributed by atoms with Crippen LogP contribution in [-0.2, 0) is 13.2 Å². The molecule has 0 saturated carbocycles. The Morgan fingerprint density at radius 1 is 0.966 bits per heavy atom. The molecule has 0 radical (unpaired) electrons. The average Bonchev–Trinajstić information content (AvgIpc) is 3.23. The quantitative estimate of drug-likeness (QED) is 0.559. The summed E-state index contributed by atoms with van der Waals surface area (Å²) in [5.41, 5.74) is 2.30. The molecule has 1 aliphatic rings. The molecule has 0 bridgehead atoms. The Balaban J connectivity index is 1.29. The van der Waals surface area contributed by atoms with Gasteiger partial charge in [0.25, 0.3) is 5.91 Å². The first kappa shape index (κ1) is 20.0. The minimum absolute atomic E-state index is 0.110. The lowest BCUT2D eigenvalue weighted by molar-refractivity contribution is 0.0633. The Bertz CT molecular complexity index is 952. The highest BCUT2D eigenvalue weighted by Gasteiger charge is 2.23. The smallest absolute Gasteiger partial charge is 0.264 e. The fourth-order valence-corrected chi connectivity index (χ4v) is 4.45. The maximum Gasteiger partial charge on any atom is 0.264 e. The summed E-state index contributed by atoms with van der Waals surface area (Å²) in [6.07, 6.45) is 0. The van der Waals surface area contributed by atoms with Gasteiger partial charge in [-0.3, -0.25) is 9.69 Å². The second kappa shape index (κ2) is 9.44. The third-order valence-electron chi connectivity index (χ3n) is 5.00. The van der Waals surface area contributed by atoms with Crippen molar-refractivity contribution in [2.24, 2.45) is 0 Å². The van der Waals surface area contributed by atoms with Crippen molar-refractivity contribution in [3.8, 4) is 5.75 Å². The number of para-hydroxylation sites is 1. The summed E-state index contributed by atoms with van der Waals surface area (Å²) in [6, 6.07) is 19.8. The molecule has 6 heteroatoms. The molecule has 2 heterocycles. The van der Waals surface area contributed by atoms with Gasteiger partial charge >= 0.3 is 0 Å². The molecule has 1 amide bonds. The van der Waals surface area contributed by atoms with Gasteiger partial charge in [0, 0.05) is 38.3 Å². The summed E-state index contributed by atoms with van der Waals surface area (Å²) < 4.78 is 5.78. The molecule has 1 aliphatic heterocycles. The van der Waals surface area contributed by atoms with E-state index in [9.17, 15) is 4.79 Å². The van der Waals surface area contributed by atoms with E-state index < -0.39 is 0 Å². The normalized spacial score (nSPS) is 14.7. The average molecular weight is 427 g/mol. The van der Waals surface area contributed by atoms with Crippen LogP contribution in [0.25, 0.3) is 0 Å². The number of hydrogen-bond donors (Lipinski definition) is 0. The van der Waals surface area contributed by atoms with Crippen molar-refractivity contribution in [2.75, 3.05) is 26.2 Å². The first-order valence-electron chi connectivity index (χ1n) is 9.69. The molecule has 29 heavy (non-hydrogen) atoms. The van der Waals surface area contributed by atoms with Crippen LogP contribution in [0.5, 0.6) is 5.75 Å². The number of halogens is 1. The zero-order valence-electron chi connectivity index (χ0n) is 16.1. The summed E-state index contributed by atoms with van der Waals surface area (Å²) in [4.78, 5) is 18.0. The van der Waals surface area contributed by atoms with Crippen molar-refractivity contribution in [3.05, 3.63) is 87.1 Å². The van der Waals surface area contributed by atoms with Crippen LogP contribution in [0.1, 0.15) is 20.8 Å². The highest BCUT2D eigenvalue weighted by Crippen LogP contribution is 2.25. The molecule has 1 saturated heterocycles. The number of benzene rings is 2. The number of piperazine rings is 1. The van der Waals surface area contributed by atoms with Crippen LogP contribution < -0.4 is 4.74 Å². The van der Waals surface area contributed by atoms with Crippen LogP contribution in [0.3, 0.4) is 0 Å². The van der Waals surface area contributed by atoms with E-state index in [0.717, 1.165) is 43.2 Å². The lowest BCUT2D eigenvalue weighted by Crippen LogP contribution is -2.48. The molecule has 4 rings (SSSR count). The molecule has 0 aliphatic carbocycles. The van der Waals surface area contributed by atoms with E-state index in [1.54, 1.807) is 6.07 Å². The molecule has 1 aromatic heterocycles. The summed E-state index contributed by atoms with van der Waals surface area (Å²) >= 11 is 7.60. The molecule has 0 spiro atoms. The van der Waals surface area contributed by atoms with Gasteiger partial charge in [-0.1, -0.05) is 54.1 Å². The summed E-state index contributed by atoms with van der Waals surface area (Å²) in [6.45, 7) is 4.65. The molecule has 0 atom stereocenters. The lowest BCUT2D eigenvalue weighted by Gasteiger charge is -2.34. The molecule has 0 N–H and O–H groups in total. The topological polar surface area (TPSA) is 32.8 Å². The second-order valence-electron chi connectivity index (χ2n) is 7.09.